The molecule has 0 aromatic heterocycles. The van der Waals surface area contributed by atoms with Crippen LogP contribution in [0.15, 0.2) is 24.5 Å². The Bertz CT molecular complexity index is 496. The van der Waals surface area contributed by atoms with Crippen LogP contribution in [-0.2, 0) is 14.6 Å². The Labute approximate surface area is 189 Å². The lowest BCUT2D eigenvalue weighted by Crippen LogP contribution is -2.32. The van der Waals surface area contributed by atoms with Gasteiger partial charge in [0.2, 0.25) is 0 Å². The molecule has 4 N–H and O–H groups in total. The standard InChI is InChI=1S/C16H30O4S.C6H15NO3/c1-2-3-4-5-6-7-8-9-10-11-12-13-14-15-16-20-21(17,18)19;8-4-1-7(2-5-9)3-6-10/h13-16H,2-12H2,1H3,(H,17,18,19);8-10H,1-6H2/b14-13+,16-15+;. The monoisotopic (exact) mass is 467 g/mol. The Morgan fingerprint density at radius 2 is 1.19 bits per heavy atom. The van der Waals surface area contributed by atoms with E-state index in [1.54, 1.807) is 11.0 Å². The van der Waals surface area contributed by atoms with E-state index in [0.29, 0.717) is 19.6 Å². The van der Waals surface area contributed by atoms with Crippen molar-refractivity contribution in [2.75, 3.05) is 39.5 Å². The van der Waals surface area contributed by atoms with E-state index >= 15 is 0 Å². The van der Waals surface area contributed by atoms with Crippen molar-refractivity contribution in [2.45, 2.75) is 77.6 Å². The molecule has 0 heterocycles. The fraction of sp³-hybridized carbons (Fsp3) is 0.818. The number of rotatable bonds is 20. The van der Waals surface area contributed by atoms with E-state index < -0.39 is 10.4 Å². The van der Waals surface area contributed by atoms with Gasteiger partial charge in [-0.25, -0.2) is 0 Å². The lowest BCUT2D eigenvalue weighted by Gasteiger charge is -2.17. The molecular formula is C22H45NO7S. The van der Waals surface area contributed by atoms with E-state index in [1.165, 1.54) is 63.9 Å². The summed E-state index contributed by atoms with van der Waals surface area (Å²) >= 11 is 0. The Balaban J connectivity index is 0. The highest BCUT2D eigenvalue weighted by Crippen LogP contribution is 2.11. The lowest BCUT2D eigenvalue weighted by atomic mass is 10.1. The van der Waals surface area contributed by atoms with Gasteiger partial charge in [-0.15, -0.1) is 0 Å². The van der Waals surface area contributed by atoms with Gasteiger partial charge >= 0.3 is 10.4 Å². The Morgan fingerprint density at radius 3 is 1.61 bits per heavy atom. The quantitative estimate of drug-likeness (QED) is 0.0928. The molecule has 0 rings (SSSR count). The molecule has 0 fully saturated rings. The summed E-state index contributed by atoms with van der Waals surface area (Å²) in [5.74, 6) is 0. The minimum absolute atomic E-state index is 0.0694. The zero-order chi connectivity index (χ0) is 23.6. The van der Waals surface area contributed by atoms with Crippen LogP contribution in [0.1, 0.15) is 77.6 Å². The second-order valence-corrected chi connectivity index (χ2v) is 8.31. The first-order chi connectivity index (χ1) is 14.9. The minimum Gasteiger partial charge on any atom is -0.395 e. The predicted molar refractivity (Wildman–Crippen MR) is 125 cm³/mol. The smallest absolute Gasteiger partial charge is 0.395 e. The van der Waals surface area contributed by atoms with Gasteiger partial charge in [-0.1, -0.05) is 76.9 Å². The first kappa shape index (κ1) is 32.2. The van der Waals surface area contributed by atoms with Crippen molar-refractivity contribution in [3.8, 4) is 0 Å². The molecule has 0 aliphatic carbocycles. The van der Waals surface area contributed by atoms with Crippen molar-refractivity contribution in [1.29, 1.82) is 0 Å². The summed E-state index contributed by atoms with van der Waals surface area (Å²) in [5.41, 5.74) is 0. The lowest BCUT2D eigenvalue weighted by molar-refractivity contribution is 0.136. The summed E-state index contributed by atoms with van der Waals surface area (Å²) in [6.07, 6.45) is 20.3. The zero-order valence-corrected chi connectivity index (χ0v) is 20.0. The fourth-order valence-electron chi connectivity index (χ4n) is 2.83. The van der Waals surface area contributed by atoms with Crippen LogP contribution in [0, 0.1) is 0 Å². The minimum atomic E-state index is -4.36. The second-order valence-electron chi connectivity index (χ2n) is 7.26. The van der Waals surface area contributed by atoms with Crippen LogP contribution in [0.3, 0.4) is 0 Å². The van der Waals surface area contributed by atoms with E-state index in [2.05, 4.69) is 11.1 Å². The Hall–Kier alpha value is -0.970. The molecule has 0 spiro atoms. The number of hydrogen-bond donors (Lipinski definition) is 4. The molecule has 0 saturated carbocycles. The van der Waals surface area contributed by atoms with Gasteiger partial charge < -0.3 is 19.5 Å². The molecular weight excluding hydrogens is 422 g/mol. The highest BCUT2D eigenvalue weighted by Gasteiger charge is 2.00. The molecule has 0 unspecified atom stereocenters. The van der Waals surface area contributed by atoms with Crippen LogP contribution in [0.4, 0.5) is 0 Å². The maximum atomic E-state index is 10.2. The highest BCUT2D eigenvalue weighted by atomic mass is 32.3. The SMILES string of the molecule is CCCCCCCCCCCC/C=C/C=C/OS(=O)(=O)O.OCCN(CCO)CCO. The molecule has 0 saturated heterocycles. The van der Waals surface area contributed by atoms with Crippen molar-refractivity contribution in [1.82, 2.24) is 4.90 Å². The number of allylic oxidation sites excluding steroid dienone is 3. The van der Waals surface area contributed by atoms with E-state index in [1.807, 2.05) is 6.08 Å². The summed E-state index contributed by atoms with van der Waals surface area (Å²) in [6.45, 7) is 4.00. The van der Waals surface area contributed by atoms with Crippen molar-refractivity contribution < 1.29 is 32.5 Å². The number of nitrogens with zero attached hydrogens (tertiary/aromatic N) is 1. The van der Waals surface area contributed by atoms with Gasteiger partial charge in [-0.05, 0) is 18.9 Å². The van der Waals surface area contributed by atoms with Crippen molar-refractivity contribution in [2.24, 2.45) is 0 Å². The zero-order valence-electron chi connectivity index (χ0n) is 19.2. The van der Waals surface area contributed by atoms with Gasteiger partial charge in [-0.3, -0.25) is 9.45 Å². The molecule has 0 radical (unpaired) electrons. The molecule has 0 aromatic rings. The molecule has 0 amide bonds. The molecule has 9 heteroatoms. The predicted octanol–water partition coefficient (Wildman–Crippen LogP) is 3.45. The number of unbranched alkanes of at least 4 members (excludes halogenated alkanes) is 10. The van der Waals surface area contributed by atoms with Crippen LogP contribution in [0.25, 0.3) is 0 Å². The molecule has 0 bridgehead atoms. The first-order valence-corrected chi connectivity index (χ1v) is 12.8. The van der Waals surface area contributed by atoms with Crippen molar-refractivity contribution in [3.63, 3.8) is 0 Å². The molecule has 8 nitrogen and oxygen atoms in total. The molecule has 186 valence electrons. The van der Waals surface area contributed by atoms with E-state index in [4.69, 9.17) is 19.9 Å². The highest BCUT2D eigenvalue weighted by molar-refractivity contribution is 7.81. The summed E-state index contributed by atoms with van der Waals surface area (Å²) in [4.78, 5) is 1.79. The number of hydrogen-bond acceptors (Lipinski definition) is 7. The average molecular weight is 468 g/mol. The van der Waals surface area contributed by atoms with Gasteiger partial charge in [0.15, 0.2) is 0 Å². The van der Waals surface area contributed by atoms with Crippen LogP contribution in [-0.4, -0.2) is 72.6 Å². The third-order valence-corrected chi connectivity index (χ3v) is 4.83. The maximum absolute atomic E-state index is 10.2. The number of aliphatic hydroxyl groups excluding tert-OH is 3. The van der Waals surface area contributed by atoms with Gasteiger partial charge in [0, 0.05) is 19.6 Å². The molecule has 0 aliphatic heterocycles. The maximum Gasteiger partial charge on any atom is 0.445 e. The average Bonchev–Trinajstić information content (AvgIpc) is 2.71. The Kier molecular flexibility index (Phi) is 26.3. The van der Waals surface area contributed by atoms with Crippen molar-refractivity contribution >= 4 is 10.4 Å². The third kappa shape index (κ3) is 31.3. The summed E-state index contributed by atoms with van der Waals surface area (Å²) in [5, 5.41) is 25.5. The molecule has 0 aromatic carbocycles. The summed E-state index contributed by atoms with van der Waals surface area (Å²) < 4.78 is 32.8. The fourth-order valence-corrected chi connectivity index (χ4v) is 3.04. The Morgan fingerprint density at radius 1 is 0.742 bits per heavy atom. The second kappa shape index (κ2) is 25.3. The van der Waals surface area contributed by atoms with Crippen molar-refractivity contribution in [3.05, 3.63) is 24.5 Å². The number of aliphatic hydroxyl groups is 3. The van der Waals surface area contributed by atoms with Gasteiger partial charge in [-0.2, -0.15) is 8.42 Å². The summed E-state index contributed by atoms with van der Waals surface area (Å²) in [7, 11) is -4.36. The van der Waals surface area contributed by atoms with E-state index in [9.17, 15) is 8.42 Å². The summed E-state index contributed by atoms with van der Waals surface area (Å²) in [6, 6.07) is 0. The van der Waals surface area contributed by atoms with Crippen LogP contribution >= 0.6 is 0 Å². The largest absolute Gasteiger partial charge is 0.445 e. The molecule has 31 heavy (non-hydrogen) atoms. The van der Waals surface area contributed by atoms with E-state index in [0.717, 1.165) is 19.1 Å². The van der Waals surface area contributed by atoms with Crippen LogP contribution < -0.4 is 0 Å². The van der Waals surface area contributed by atoms with Gasteiger partial charge in [0.25, 0.3) is 0 Å². The van der Waals surface area contributed by atoms with E-state index in [-0.39, 0.29) is 19.8 Å². The molecule has 0 atom stereocenters. The third-order valence-electron chi connectivity index (χ3n) is 4.48. The van der Waals surface area contributed by atoms with Gasteiger partial charge in [0.1, 0.15) is 6.26 Å². The first-order valence-electron chi connectivity index (χ1n) is 11.4. The molecule has 0 aliphatic rings. The van der Waals surface area contributed by atoms with Crippen LogP contribution in [0.5, 0.6) is 0 Å². The van der Waals surface area contributed by atoms with Crippen LogP contribution in [0.2, 0.25) is 0 Å². The van der Waals surface area contributed by atoms with Gasteiger partial charge in [0.05, 0.1) is 19.8 Å². The topological polar surface area (TPSA) is 128 Å². The normalized spacial score (nSPS) is 11.9.